The third kappa shape index (κ3) is 6.76. The molecule has 3 rings (SSSR count). The first kappa shape index (κ1) is 21.1. The SMILES string of the molecule is CCOc1cc(CNC2CCN(C)CC2)ccc1OCC(=O)Nc1ccccc1. The number of nitrogens with zero attached hydrogens (tertiary/aromatic N) is 1. The highest BCUT2D eigenvalue weighted by Gasteiger charge is 2.16. The maximum atomic E-state index is 12.1. The Bertz CT molecular complexity index is 774. The molecule has 1 amide bonds. The van der Waals surface area contributed by atoms with Gasteiger partial charge >= 0.3 is 0 Å². The maximum Gasteiger partial charge on any atom is 0.262 e. The van der Waals surface area contributed by atoms with Crippen LogP contribution in [0.3, 0.4) is 0 Å². The number of ether oxygens (including phenoxy) is 2. The molecule has 2 aromatic carbocycles. The van der Waals surface area contributed by atoms with Gasteiger partial charge in [0.1, 0.15) is 0 Å². The van der Waals surface area contributed by atoms with Crippen molar-refractivity contribution in [3.05, 3.63) is 54.1 Å². The van der Waals surface area contributed by atoms with E-state index in [9.17, 15) is 4.79 Å². The van der Waals surface area contributed by atoms with E-state index in [-0.39, 0.29) is 12.5 Å². The Morgan fingerprint density at radius 3 is 2.55 bits per heavy atom. The first-order valence-corrected chi connectivity index (χ1v) is 10.3. The maximum absolute atomic E-state index is 12.1. The number of carbonyl (C=O) groups excluding carboxylic acids is 1. The monoisotopic (exact) mass is 397 g/mol. The van der Waals surface area contributed by atoms with Gasteiger partial charge < -0.3 is 25.0 Å². The van der Waals surface area contributed by atoms with Gasteiger partial charge in [-0.3, -0.25) is 4.79 Å². The molecule has 0 unspecified atom stereocenters. The Balaban J connectivity index is 1.53. The number of nitrogens with one attached hydrogen (secondary N) is 2. The van der Waals surface area contributed by atoms with E-state index in [0.29, 0.717) is 24.1 Å². The highest BCUT2D eigenvalue weighted by Crippen LogP contribution is 2.28. The highest BCUT2D eigenvalue weighted by molar-refractivity contribution is 5.91. The van der Waals surface area contributed by atoms with Crippen molar-refractivity contribution < 1.29 is 14.3 Å². The Kier molecular flexibility index (Phi) is 7.90. The third-order valence-electron chi connectivity index (χ3n) is 5.04. The molecule has 29 heavy (non-hydrogen) atoms. The zero-order chi connectivity index (χ0) is 20.5. The van der Waals surface area contributed by atoms with E-state index in [1.54, 1.807) is 0 Å². The summed E-state index contributed by atoms with van der Waals surface area (Å²) in [5, 5.41) is 6.45. The van der Waals surface area contributed by atoms with Gasteiger partial charge in [-0.25, -0.2) is 0 Å². The van der Waals surface area contributed by atoms with E-state index in [0.717, 1.165) is 30.9 Å². The summed E-state index contributed by atoms with van der Waals surface area (Å²) in [5.74, 6) is 1.05. The van der Waals surface area contributed by atoms with E-state index in [2.05, 4.69) is 22.6 Å². The summed E-state index contributed by atoms with van der Waals surface area (Å²) >= 11 is 0. The van der Waals surface area contributed by atoms with Gasteiger partial charge in [-0.05, 0) is 69.7 Å². The van der Waals surface area contributed by atoms with Gasteiger partial charge in [0.2, 0.25) is 0 Å². The lowest BCUT2D eigenvalue weighted by Gasteiger charge is -2.29. The Hall–Kier alpha value is -2.57. The van der Waals surface area contributed by atoms with Gasteiger partial charge in [-0.15, -0.1) is 0 Å². The first-order chi connectivity index (χ1) is 14.1. The smallest absolute Gasteiger partial charge is 0.262 e. The van der Waals surface area contributed by atoms with E-state index >= 15 is 0 Å². The number of anilines is 1. The van der Waals surface area contributed by atoms with Crippen LogP contribution in [0.5, 0.6) is 11.5 Å². The standard InChI is InChI=1S/C23H31N3O3/c1-3-28-22-15-18(16-24-19-11-13-26(2)14-12-19)9-10-21(22)29-17-23(27)25-20-7-5-4-6-8-20/h4-10,15,19,24H,3,11-14,16-17H2,1-2H3,(H,25,27). The molecule has 0 aromatic heterocycles. The van der Waals surface area contributed by atoms with E-state index in [1.807, 2.05) is 55.5 Å². The number of rotatable bonds is 9. The van der Waals surface area contributed by atoms with Crippen LogP contribution >= 0.6 is 0 Å². The van der Waals surface area contributed by atoms with Gasteiger partial charge in [0, 0.05) is 18.3 Å². The summed E-state index contributed by atoms with van der Waals surface area (Å²) in [6.45, 7) is 5.48. The normalized spacial score (nSPS) is 15.1. The van der Waals surface area contributed by atoms with Crippen LogP contribution in [0.4, 0.5) is 5.69 Å². The average Bonchev–Trinajstić information content (AvgIpc) is 2.73. The number of likely N-dealkylation sites (tertiary alicyclic amines) is 1. The largest absolute Gasteiger partial charge is 0.490 e. The summed E-state index contributed by atoms with van der Waals surface area (Å²) in [7, 11) is 2.17. The summed E-state index contributed by atoms with van der Waals surface area (Å²) < 4.78 is 11.5. The molecule has 2 N–H and O–H groups in total. The fraction of sp³-hybridized carbons (Fsp3) is 0.435. The minimum absolute atomic E-state index is 0.0673. The molecular weight excluding hydrogens is 366 g/mol. The summed E-state index contributed by atoms with van der Waals surface area (Å²) in [5.41, 5.74) is 1.90. The molecule has 0 aliphatic carbocycles. The molecule has 6 nitrogen and oxygen atoms in total. The second-order valence-corrected chi connectivity index (χ2v) is 7.38. The van der Waals surface area contributed by atoms with Crippen LogP contribution in [0.1, 0.15) is 25.3 Å². The number of hydrogen-bond acceptors (Lipinski definition) is 5. The number of piperidine rings is 1. The van der Waals surface area contributed by atoms with Crippen molar-refractivity contribution in [2.24, 2.45) is 0 Å². The van der Waals surface area contributed by atoms with Crippen molar-refractivity contribution in [1.82, 2.24) is 10.2 Å². The van der Waals surface area contributed by atoms with Gasteiger partial charge in [0.15, 0.2) is 18.1 Å². The second kappa shape index (κ2) is 10.8. The minimum Gasteiger partial charge on any atom is -0.490 e. The number of benzene rings is 2. The van der Waals surface area contributed by atoms with Crippen molar-refractivity contribution in [2.75, 3.05) is 38.7 Å². The summed E-state index contributed by atoms with van der Waals surface area (Å²) in [6, 6.07) is 15.8. The first-order valence-electron chi connectivity index (χ1n) is 10.3. The van der Waals surface area contributed by atoms with Crippen LogP contribution in [-0.2, 0) is 11.3 Å². The van der Waals surface area contributed by atoms with Crippen molar-refractivity contribution in [1.29, 1.82) is 0 Å². The van der Waals surface area contributed by atoms with Crippen LogP contribution in [0.25, 0.3) is 0 Å². The predicted molar refractivity (Wildman–Crippen MR) is 116 cm³/mol. The Morgan fingerprint density at radius 1 is 1.07 bits per heavy atom. The molecule has 0 spiro atoms. The molecule has 1 aliphatic rings. The molecule has 156 valence electrons. The Morgan fingerprint density at radius 2 is 1.83 bits per heavy atom. The topological polar surface area (TPSA) is 62.8 Å². The number of hydrogen-bond donors (Lipinski definition) is 2. The van der Waals surface area contributed by atoms with Crippen LogP contribution in [0, 0.1) is 0 Å². The molecule has 0 radical (unpaired) electrons. The quantitative estimate of drug-likeness (QED) is 0.680. The Labute approximate surface area is 173 Å². The zero-order valence-electron chi connectivity index (χ0n) is 17.3. The highest BCUT2D eigenvalue weighted by atomic mass is 16.5. The van der Waals surface area contributed by atoms with Gasteiger partial charge in [-0.2, -0.15) is 0 Å². The number of amides is 1. The molecule has 2 aromatic rings. The van der Waals surface area contributed by atoms with E-state index < -0.39 is 0 Å². The van der Waals surface area contributed by atoms with Crippen molar-refractivity contribution in [3.63, 3.8) is 0 Å². The lowest BCUT2D eigenvalue weighted by molar-refractivity contribution is -0.118. The summed E-state index contributed by atoms with van der Waals surface area (Å²) in [6.07, 6.45) is 2.35. The minimum atomic E-state index is -0.202. The molecule has 0 saturated carbocycles. The average molecular weight is 398 g/mol. The molecule has 0 bridgehead atoms. The second-order valence-electron chi connectivity index (χ2n) is 7.38. The lowest BCUT2D eigenvalue weighted by atomic mass is 10.1. The fourth-order valence-corrected chi connectivity index (χ4v) is 3.39. The fourth-order valence-electron chi connectivity index (χ4n) is 3.39. The molecule has 0 atom stereocenters. The molecular formula is C23H31N3O3. The van der Waals surface area contributed by atoms with Gasteiger partial charge in [0.05, 0.1) is 6.61 Å². The van der Waals surface area contributed by atoms with Crippen molar-refractivity contribution >= 4 is 11.6 Å². The van der Waals surface area contributed by atoms with Crippen LogP contribution < -0.4 is 20.1 Å². The van der Waals surface area contributed by atoms with Gasteiger partial charge in [0.25, 0.3) is 5.91 Å². The number of para-hydroxylation sites is 1. The molecule has 6 heteroatoms. The lowest BCUT2D eigenvalue weighted by Crippen LogP contribution is -2.40. The van der Waals surface area contributed by atoms with E-state index in [4.69, 9.17) is 9.47 Å². The van der Waals surface area contributed by atoms with Crippen LogP contribution in [0.2, 0.25) is 0 Å². The molecule has 1 fully saturated rings. The zero-order valence-corrected chi connectivity index (χ0v) is 17.3. The van der Waals surface area contributed by atoms with Crippen molar-refractivity contribution in [2.45, 2.75) is 32.4 Å². The van der Waals surface area contributed by atoms with Gasteiger partial charge in [-0.1, -0.05) is 24.3 Å². The molecule has 1 aliphatic heterocycles. The van der Waals surface area contributed by atoms with Crippen LogP contribution in [0.15, 0.2) is 48.5 Å². The third-order valence-corrected chi connectivity index (χ3v) is 5.04. The molecule has 1 saturated heterocycles. The predicted octanol–water partition coefficient (Wildman–Crippen LogP) is 3.29. The van der Waals surface area contributed by atoms with Crippen LogP contribution in [-0.4, -0.2) is 50.2 Å². The molecule has 1 heterocycles. The summed E-state index contributed by atoms with van der Waals surface area (Å²) in [4.78, 5) is 14.5. The van der Waals surface area contributed by atoms with E-state index in [1.165, 1.54) is 12.8 Å². The van der Waals surface area contributed by atoms with Crippen molar-refractivity contribution in [3.8, 4) is 11.5 Å². The number of carbonyl (C=O) groups is 1.